The van der Waals surface area contributed by atoms with Crippen LogP contribution in [-0.4, -0.2) is 38.2 Å². The number of hydrogen-bond acceptors (Lipinski definition) is 7. The van der Waals surface area contributed by atoms with E-state index in [1.165, 1.54) is 25.6 Å². The summed E-state index contributed by atoms with van der Waals surface area (Å²) in [4.78, 5) is 19.5. The monoisotopic (exact) mass is 322 g/mol. The highest BCUT2D eigenvalue weighted by Crippen LogP contribution is 2.23. The van der Waals surface area contributed by atoms with Gasteiger partial charge in [0.05, 0.1) is 0 Å². The van der Waals surface area contributed by atoms with Crippen LogP contribution in [0, 0.1) is 6.92 Å². The van der Waals surface area contributed by atoms with Gasteiger partial charge in [-0.05, 0) is 44.4 Å². The SMILES string of the molecule is Cc1cc(-c2nc(-c3ccc(N4CCCCC4)nc3)no2)ncn1. The normalized spacial score (nSPS) is 14.8. The average Bonchev–Trinajstić information content (AvgIpc) is 3.13. The molecule has 0 amide bonds. The first kappa shape index (κ1) is 14.7. The highest BCUT2D eigenvalue weighted by Gasteiger charge is 2.15. The fourth-order valence-corrected chi connectivity index (χ4v) is 2.84. The minimum absolute atomic E-state index is 0.385. The number of rotatable bonds is 3. The van der Waals surface area contributed by atoms with Crippen molar-refractivity contribution in [2.75, 3.05) is 18.0 Å². The molecule has 1 aliphatic heterocycles. The molecule has 0 N–H and O–H groups in total. The molecule has 1 aliphatic rings. The van der Waals surface area contributed by atoms with Gasteiger partial charge in [-0.1, -0.05) is 5.16 Å². The van der Waals surface area contributed by atoms with Gasteiger partial charge in [0.25, 0.3) is 5.89 Å². The van der Waals surface area contributed by atoms with Crippen LogP contribution in [0.5, 0.6) is 0 Å². The van der Waals surface area contributed by atoms with Crippen LogP contribution in [0.1, 0.15) is 25.0 Å². The first-order valence-corrected chi connectivity index (χ1v) is 8.14. The Kier molecular flexibility index (Phi) is 3.90. The summed E-state index contributed by atoms with van der Waals surface area (Å²) in [5.41, 5.74) is 2.31. The molecule has 24 heavy (non-hydrogen) atoms. The van der Waals surface area contributed by atoms with E-state index in [4.69, 9.17) is 4.52 Å². The molecule has 4 rings (SSSR count). The van der Waals surface area contributed by atoms with Crippen molar-refractivity contribution < 1.29 is 4.52 Å². The van der Waals surface area contributed by atoms with E-state index in [0.717, 1.165) is 30.2 Å². The number of pyridine rings is 1. The fourth-order valence-electron chi connectivity index (χ4n) is 2.84. The van der Waals surface area contributed by atoms with E-state index in [2.05, 4.69) is 30.0 Å². The van der Waals surface area contributed by atoms with E-state index in [0.29, 0.717) is 17.4 Å². The van der Waals surface area contributed by atoms with E-state index >= 15 is 0 Å². The van der Waals surface area contributed by atoms with Gasteiger partial charge in [-0.15, -0.1) is 0 Å². The maximum atomic E-state index is 5.32. The van der Waals surface area contributed by atoms with Gasteiger partial charge in [-0.2, -0.15) is 4.98 Å². The summed E-state index contributed by atoms with van der Waals surface area (Å²) in [6.07, 6.45) is 7.06. The zero-order valence-electron chi connectivity index (χ0n) is 13.5. The lowest BCUT2D eigenvalue weighted by atomic mass is 10.1. The molecular formula is C17H18N6O. The average molecular weight is 322 g/mol. The zero-order valence-corrected chi connectivity index (χ0v) is 13.5. The van der Waals surface area contributed by atoms with Crippen molar-refractivity contribution in [1.29, 1.82) is 0 Å². The molecule has 1 saturated heterocycles. The molecule has 1 fully saturated rings. The van der Waals surface area contributed by atoms with Crippen LogP contribution in [0.15, 0.2) is 35.2 Å². The minimum Gasteiger partial charge on any atom is -0.357 e. The number of anilines is 1. The van der Waals surface area contributed by atoms with Crippen LogP contribution in [0.2, 0.25) is 0 Å². The van der Waals surface area contributed by atoms with E-state index in [9.17, 15) is 0 Å². The Labute approximate surface area is 139 Å². The molecule has 0 aromatic carbocycles. The summed E-state index contributed by atoms with van der Waals surface area (Å²) in [5.74, 6) is 1.91. The topological polar surface area (TPSA) is 80.8 Å². The Morgan fingerprint density at radius 3 is 2.67 bits per heavy atom. The van der Waals surface area contributed by atoms with E-state index in [1.807, 2.05) is 25.1 Å². The highest BCUT2D eigenvalue weighted by atomic mass is 16.5. The second-order valence-electron chi connectivity index (χ2n) is 5.92. The van der Waals surface area contributed by atoms with Gasteiger partial charge in [0.15, 0.2) is 0 Å². The fraction of sp³-hybridized carbons (Fsp3) is 0.353. The first-order chi connectivity index (χ1) is 11.8. The maximum Gasteiger partial charge on any atom is 0.276 e. The molecule has 0 unspecified atom stereocenters. The van der Waals surface area contributed by atoms with Gasteiger partial charge in [-0.25, -0.2) is 15.0 Å². The van der Waals surface area contributed by atoms with Crippen LogP contribution < -0.4 is 4.90 Å². The molecule has 0 aliphatic carbocycles. The van der Waals surface area contributed by atoms with Crippen molar-refractivity contribution in [1.82, 2.24) is 25.1 Å². The van der Waals surface area contributed by atoms with Crippen molar-refractivity contribution >= 4 is 5.82 Å². The van der Waals surface area contributed by atoms with Crippen LogP contribution in [0.4, 0.5) is 5.82 Å². The van der Waals surface area contributed by atoms with Gasteiger partial charge < -0.3 is 9.42 Å². The molecule has 3 aromatic rings. The number of nitrogens with zero attached hydrogens (tertiary/aromatic N) is 6. The van der Waals surface area contributed by atoms with Crippen molar-refractivity contribution in [3.05, 3.63) is 36.4 Å². The molecule has 7 nitrogen and oxygen atoms in total. The molecule has 4 heterocycles. The smallest absolute Gasteiger partial charge is 0.276 e. The molecule has 0 bridgehead atoms. The van der Waals surface area contributed by atoms with Gasteiger partial charge in [0.2, 0.25) is 5.82 Å². The van der Waals surface area contributed by atoms with Crippen LogP contribution in [0.25, 0.3) is 23.0 Å². The quantitative estimate of drug-likeness (QED) is 0.733. The summed E-state index contributed by atoms with van der Waals surface area (Å²) < 4.78 is 5.32. The van der Waals surface area contributed by atoms with Crippen LogP contribution in [0.3, 0.4) is 0 Å². The maximum absolute atomic E-state index is 5.32. The lowest BCUT2D eigenvalue weighted by Crippen LogP contribution is -2.29. The van der Waals surface area contributed by atoms with Gasteiger partial charge >= 0.3 is 0 Å². The van der Waals surface area contributed by atoms with E-state index < -0.39 is 0 Å². The second-order valence-corrected chi connectivity index (χ2v) is 5.92. The van der Waals surface area contributed by atoms with Crippen molar-refractivity contribution in [3.63, 3.8) is 0 Å². The lowest BCUT2D eigenvalue weighted by Gasteiger charge is -2.27. The Morgan fingerprint density at radius 2 is 1.92 bits per heavy atom. The Morgan fingerprint density at radius 1 is 1.04 bits per heavy atom. The van der Waals surface area contributed by atoms with E-state index in [-0.39, 0.29) is 0 Å². The van der Waals surface area contributed by atoms with Crippen molar-refractivity contribution in [2.45, 2.75) is 26.2 Å². The standard InChI is InChI=1S/C17H18N6O/c1-12-9-14(20-11-19-12)17-21-16(22-24-17)13-5-6-15(18-10-13)23-7-3-2-4-8-23/h5-6,9-11H,2-4,7-8H2,1H3. The van der Waals surface area contributed by atoms with Crippen molar-refractivity contribution in [3.8, 4) is 23.0 Å². The van der Waals surface area contributed by atoms with Gasteiger partial charge in [0.1, 0.15) is 17.8 Å². The minimum atomic E-state index is 0.385. The predicted octanol–water partition coefficient (Wildman–Crippen LogP) is 2.89. The molecule has 0 atom stereocenters. The van der Waals surface area contributed by atoms with Crippen LogP contribution in [-0.2, 0) is 0 Å². The molecular weight excluding hydrogens is 304 g/mol. The van der Waals surface area contributed by atoms with Gasteiger partial charge in [-0.3, -0.25) is 0 Å². The largest absolute Gasteiger partial charge is 0.357 e. The second kappa shape index (κ2) is 6.35. The lowest BCUT2D eigenvalue weighted by molar-refractivity contribution is 0.431. The summed E-state index contributed by atoms with van der Waals surface area (Å²) in [6.45, 7) is 4.04. The summed E-state index contributed by atoms with van der Waals surface area (Å²) in [7, 11) is 0. The predicted molar refractivity (Wildman–Crippen MR) is 89.4 cm³/mol. The summed E-state index contributed by atoms with van der Waals surface area (Å²) >= 11 is 0. The molecule has 7 heteroatoms. The third-order valence-corrected chi connectivity index (χ3v) is 4.14. The Bertz CT molecular complexity index is 823. The first-order valence-electron chi connectivity index (χ1n) is 8.14. The third-order valence-electron chi connectivity index (χ3n) is 4.14. The summed E-state index contributed by atoms with van der Waals surface area (Å²) in [6, 6.07) is 5.82. The number of hydrogen-bond donors (Lipinski definition) is 0. The van der Waals surface area contributed by atoms with Crippen molar-refractivity contribution in [2.24, 2.45) is 0 Å². The van der Waals surface area contributed by atoms with E-state index in [1.54, 1.807) is 6.20 Å². The van der Waals surface area contributed by atoms with Gasteiger partial charge in [0, 0.05) is 30.5 Å². The molecule has 0 radical (unpaired) electrons. The summed E-state index contributed by atoms with van der Waals surface area (Å²) in [5, 5.41) is 4.03. The third kappa shape index (κ3) is 2.97. The van der Waals surface area contributed by atoms with Crippen LogP contribution >= 0.6 is 0 Å². The zero-order chi connectivity index (χ0) is 16.4. The molecule has 3 aromatic heterocycles. The molecule has 0 saturated carbocycles. The number of aromatic nitrogens is 5. The molecule has 0 spiro atoms. The molecule has 122 valence electrons. The number of piperidine rings is 1. The number of aryl methyl sites for hydroxylation is 1. The Hall–Kier alpha value is -2.83. The Balaban J connectivity index is 1.56. The highest BCUT2D eigenvalue weighted by molar-refractivity contribution is 5.58.